The van der Waals surface area contributed by atoms with E-state index in [1.165, 1.54) is 16.8 Å². The Kier molecular flexibility index (Phi) is 17.7. The number of rotatable bonds is 8. The van der Waals surface area contributed by atoms with Crippen molar-refractivity contribution in [3.05, 3.63) is 242 Å². The van der Waals surface area contributed by atoms with E-state index < -0.39 is 0 Å². The first-order valence-electron chi connectivity index (χ1n) is 36.3. The minimum absolute atomic E-state index is 0.227. The highest BCUT2D eigenvalue weighted by Crippen LogP contribution is 2.44. The number of piperazine rings is 1. The molecule has 21 rings (SSSR count). The zero-order valence-electron chi connectivity index (χ0n) is 60.2. The largest absolute Gasteiger partial charge is 0.508 e. The van der Waals surface area contributed by atoms with Crippen LogP contribution in [-0.2, 0) is 4.74 Å². The molecule has 22 nitrogen and oxygen atoms in total. The van der Waals surface area contributed by atoms with E-state index >= 15 is 0 Å². The summed E-state index contributed by atoms with van der Waals surface area (Å²) in [6, 6.07) is 65.8. The molecule has 8 aromatic heterocycles. The molecule has 0 saturated carbocycles. The molecule has 18 aromatic rings. The number of phenolic OH excluding ortho intramolecular Hbond substituents is 4. The van der Waals surface area contributed by atoms with Gasteiger partial charge in [0.1, 0.15) is 23.0 Å². The van der Waals surface area contributed by atoms with E-state index in [4.69, 9.17) is 34.1 Å². The third-order valence-electron chi connectivity index (χ3n) is 20.9. The molecule has 542 valence electrons. The van der Waals surface area contributed by atoms with Gasteiger partial charge in [0, 0.05) is 116 Å². The molecule has 0 amide bonds. The van der Waals surface area contributed by atoms with E-state index in [0.717, 1.165) is 224 Å². The Bertz CT molecular complexity index is 6490. The number of H-pyrrole nitrogens is 4. The average molecular weight is 1450 g/mol. The van der Waals surface area contributed by atoms with Gasteiger partial charge in [-0.05, 0) is 236 Å². The summed E-state index contributed by atoms with van der Waals surface area (Å²) >= 11 is 0. The number of aryl methyl sites for hydroxylation is 2. The van der Waals surface area contributed by atoms with Crippen molar-refractivity contribution < 1.29 is 34.6 Å². The molecule has 22 heteroatoms. The summed E-state index contributed by atoms with van der Waals surface area (Å²) in [6.07, 6.45) is 7.45. The van der Waals surface area contributed by atoms with Crippen molar-refractivity contribution in [2.45, 2.75) is 13.8 Å². The first-order chi connectivity index (χ1) is 53.8. The number of benzene rings is 10. The topological polar surface area (TPSA) is 285 Å². The van der Waals surface area contributed by atoms with Crippen LogP contribution < -0.4 is 19.3 Å². The lowest BCUT2D eigenvalue weighted by Crippen LogP contribution is -2.44. The van der Waals surface area contributed by atoms with Crippen LogP contribution in [0.2, 0.25) is 0 Å². The molecule has 0 atom stereocenters. The number of ether oxygens (including phenoxy) is 3. The highest BCUT2D eigenvalue weighted by atomic mass is 16.7. The number of hydrogen-bond acceptors (Lipinski definition) is 18. The molecule has 0 unspecified atom stereocenters. The number of likely N-dealkylation sites (N-methyl/N-ethyl adjacent to an activating group) is 1. The van der Waals surface area contributed by atoms with Crippen LogP contribution in [0.5, 0.6) is 34.5 Å². The normalized spacial score (nSPS) is 13.6. The van der Waals surface area contributed by atoms with Crippen molar-refractivity contribution in [2.24, 2.45) is 0 Å². The molecule has 3 aliphatic rings. The fourth-order valence-electron chi connectivity index (χ4n) is 14.9. The van der Waals surface area contributed by atoms with Gasteiger partial charge in [-0.1, -0.05) is 24.3 Å². The van der Waals surface area contributed by atoms with Gasteiger partial charge in [0.2, 0.25) is 6.79 Å². The second kappa shape index (κ2) is 28.7. The average Bonchev–Trinajstić information content (AvgIpc) is 1.44. The van der Waals surface area contributed by atoms with Crippen LogP contribution >= 0.6 is 0 Å². The monoisotopic (exact) mass is 1450 g/mol. The van der Waals surface area contributed by atoms with E-state index in [0.29, 0.717) is 0 Å². The quantitative estimate of drug-likeness (QED) is 0.0702. The van der Waals surface area contributed by atoms with Crippen LogP contribution in [0.3, 0.4) is 0 Å². The third kappa shape index (κ3) is 13.2. The Morgan fingerprint density at radius 3 is 1.08 bits per heavy atom. The van der Waals surface area contributed by atoms with E-state index in [1.54, 1.807) is 48.5 Å². The number of phenols is 4. The van der Waals surface area contributed by atoms with Crippen LogP contribution in [0, 0.1) is 13.8 Å². The van der Waals surface area contributed by atoms with Crippen molar-refractivity contribution in [3.8, 4) is 102 Å². The molecule has 0 radical (unpaired) electrons. The number of nitrogens with one attached hydrogen (secondary N) is 4. The number of anilines is 2. The van der Waals surface area contributed by atoms with E-state index in [1.807, 2.05) is 134 Å². The Labute approximate surface area is 629 Å². The molecule has 0 spiro atoms. The zero-order chi connectivity index (χ0) is 74.5. The van der Waals surface area contributed by atoms with Crippen molar-refractivity contribution in [1.29, 1.82) is 0 Å². The van der Waals surface area contributed by atoms with E-state index in [2.05, 4.69) is 125 Å². The van der Waals surface area contributed by atoms with Crippen molar-refractivity contribution in [3.63, 3.8) is 0 Å². The van der Waals surface area contributed by atoms with Gasteiger partial charge in [-0.15, -0.1) is 0 Å². The van der Waals surface area contributed by atoms with Gasteiger partial charge in [0.15, 0.2) is 11.5 Å². The number of morpholine rings is 1. The molecule has 0 aliphatic carbocycles. The number of aromatic hydroxyl groups is 4. The van der Waals surface area contributed by atoms with Gasteiger partial charge < -0.3 is 49.3 Å². The Morgan fingerprint density at radius 1 is 0.327 bits per heavy atom. The zero-order valence-corrected chi connectivity index (χ0v) is 60.2. The Hall–Kier alpha value is -14.0. The Morgan fingerprint density at radius 2 is 0.673 bits per heavy atom. The smallest absolute Gasteiger partial charge is 0.231 e. The van der Waals surface area contributed by atoms with Crippen molar-refractivity contribution in [2.75, 3.05) is 76.1 Å². The molecule has 2 fully saturated rings. The molecule has 0 bridgehead atoms. The predicted molar refractivity (Wildman–Crippen MR) is 433 cm³/mol. The molecule has 3 aliphatic heterocycles. The van der Waals surface area contributed by atoms with Gasteiger partial charge >= 0.3 is 0 Å². The lowest BCUT2D eigenvalue weighted by atomic mass is 9.94. The second-order valence-corrected chi connectivity index (χ2v) is 27.8. The van der Waals surface area contributed by atoms with Gasteiger partial charge in [-0.2, -0.15) is 20.4 Å². The SMILES string of the molecule is CN1CCN(c2cc(-c3ccc(O)cc3)nc3ccc4[nH]ncc4c23)CC1.Cc1ccc(-c2cc(-c3ccc(O)cc3)nc3ccc4[nH]ncc4c23)cc1C.Oc1ccc(-c2cc(-c3ccc4c(c3)OCO4)c3c(ccc4[nH]ncc43)n2)cc1.Oc1ccc(-c2cc(N3CCOCC3)c3c(ccc4[nH]ncc43)n2)cc1. The highest BCUT2D eigenvalue weighted by molar-refractivity contribution is 6.16. The first kappa shape index (κ1) is 67.9. The first-order valence-corrected chi connectivity index (χ1v) is 36.3. The number of hydrogen-bond donors (Lipinski definition) is 8. The maximum Gasteiger partial charge on any atom is 0.231 e. The molecule has 11 heterocycles. The maximum absolute atomic E-state index is 9.64. The van der Waals surface area contributed by atoms with Crippen molar-refractivity contribution >= 4 is 98.6 Å². The molecular weight excluding hydrogens is 1380 g/mol. The molecule has 110 heavy (non-hydrogen) atoms. The summed E-state index contributed by atoms with van der Waals surface area (Å²) < 4.78 is 16.6. The molecule has 2 saturated heterocycles. The number of fused-ring (bicyclic) bond motifs is 13. The number of pyridine rings is 4. The maximum atomic E-state index is 9.64. The summed E-state index contributed by atoms with van der Waals surface area (Å²) in [5.74, 6) is 2.48. The lowest BCUT2D eigenvalue weighted by Gasteiger charge is -2.35. The van der Waals surface area contributed by atoms with Gasteiger partial charge in [0.05, 0.1) is 105 Å². The van der Waals surface area contributed by atoms with E-state index in [9.17, 15) is 20.4 Å². The standard InChI is InChI=1S/C24H19N3O.C23H15N3O3.C21H21N5O.C20H18N4O2/c1-14-3-4-17(11-15(14)2)19-12-23(16-5-7-18(28)8-6-16)26-22-10-9-21-20(24(19)22)13-25-27-21;27-15-4-1-13(2-5-15)20-10-16(14-3-8-21-22(9-14)29-12-28-21)23-17-11-24-26-18(17)6-7-19(23)25-20;1-25-8-10-26(11-9-25)20-12-19(14-2-4-15(27)5-3-14)23-18-7-6-17-16(21(18)20)13-22-24-17;25-14-3-1-13(2-4-14)18-11-19(24-7-9-26-10-8-24)20-15-12-21-23-16(15)5-6-17(20)22-18/h3-13,28H,1-2H3,(H,25,27);1-11,27H,12H2,(H,24,26);2-7,12-13,27H,8-11H2,1H3,(H,22,24);1-6,11-12,25H,7-10H2,(H,21,23). The second-order valence-electron chi connectivity index (χ2n) is 27.8. The van der Waals surface area contributed by atoms with Gasteiger partial charge in [-0.25, -0.2) is 19.9 Å². The summed E-state index contributed by atoms with van der Waals surface area (Å²) in [4.78, 5) is 26.7. The molecule has 10 aromatic carbocycles. The van der Waals surface area contributed by atoms with Gasteiger partial charge in [-0.3, -0.25) is 20.4 Å². The highest BCUT2D eigenvalue weighted by Gasteiger charge is 2.24. The molecular formula is C88H73N15O7. The van der Waals surface area contributed by atoms with E-state index in [-0.39, 0.29) is 29.8 Å². The predicted octanol–water partition coefficient (Wildman–Crippen LogP) is 17.2. The van der Waals surface area contributed by atoms with Gasteiger partial charge in [0.25, 0.3) is 0 Å². The summed E-state index contributed by atoms with van der Waals surface area (Å²) in [6.45, 7) is 11.7. The minimum atomic E-state index is 0.227. The van der Waals surface area contributed by atoms with Crippen LogP contribution in [-0.4, -0.2) is 152 Å². The van der Waals surface area contributed by atoms with Crippen molar-refractivity contribution in [1.82, 2.24) is 65.6 Å². The fourth-order valence-corrected chi connectivity index (χ4v) is 14.9. The minimum Gasteiger partial charge on any atom is -0.508 e. The fraction of sp³-hybridized carbons (Fsp3) is 0.136. The van der Waals surface area contributed by atoms with Crippen LogP contribution in [0.25, 0.3) is 155 Å². The summed E-state index contributed by atoms with van der Waals surface area (Å²) in [5, 5.41) is 76.2. The summed E-state index contributed by atoms with van der Waals surface area (Å²) in [5.41, 5.74) is 24.3. The van der Waals surface area contributed by atoms with Crippen LogP contribution in [0.1, 0.15) is 11.1 Å². The van der Waals surface area contributed by atoms with Crippen LogP contribution in [0.4, 0.5) is 11.4 Å². The third-order valence-corrected chi connectivity index (χ3v) is 20.9. The number of nitrogens with zero attached hydrogens (tertiary/aromatic N) is 11. The lowest BCUT2D eigenvalue weighted by molar-refractivity contribution is 0.123. The number of aromatic amines is 4. The van der Waals surface area contributed by atoms with Crippen LogP contribution in [0.15, 0.2) is 231 Å². The molecule has 8 N–H and O–H groups in total. The number of aromatic nitrogens is 12. The summed E-state index contributed by atoms with van der Waals surface area (Å²) in [7, 11) is 2.16. The Balaban J connectivity index is 0.000000103.